The zero-order valence-corrected chi connectivity index (χ0v) is 13.7. The SMILES string of the molecule is C[C@]12CCC(=O)C=C1CC[C@@H]1[C@H]2CC[C@]2(C(F)F)C(O)CC[C@@H]12. The average Bonchev–Trinajstić information content (AvgIpc) is 2.86. The summed E-state index contributed by atoms with van der Waals surface area (Å²) in [6, 6.07) is 0. The number of aliphatic hydroxyl groups is 1. The van der Waals surface area contributed by atoms with E-state index in [0.29, 0.717) is 25.2 Å². The Labute approximate surface area is 136 Å². The molecule has 23 heavy (non-hydrogen) atoms. The van der Waals surface area contributed by atoms with Crippen LogP contribution in [0, 0.1) is 28.6 Å². The molecule has 4 rings (SSSR count). The summed E-state index contributed by atoms with van der Waals surface area (Å²) in [5.41, 5.74) is 0.111. The Morgan fingerprint density at radius 1 is 1.13 bits per heavy atom. The van der Waals surface area contributed by atoms with E-state index >= 15 is 0 Å². The fourth-order valence-electron chi connectivity index (χ4n) is 6.67. The van der Waals surface area contributed by atoms with E-state index in [1.807, 2.05) is 6.08 Å². The van der Waals surface area contributed by atoms with E-state index in [2.05, 4.69) is 6.92 Å². The first-order valence-corrected chi connectivity index (χ1v) is 9.09. The Bertz CT molecular complexity index is 558. The molecule has 4 aliphatic rings. The van der Waals surface area contributed by atoms with Crippen molar-refractivity contribution in [3.05, 3.63) is 11.6 Å². The van der Waals surface area contributed by atoms with Crippen molar-refractivity contribution in [2.45, 2.75) is 70.8 Å². The van der Waals surface area contributed by atoms with Gasteiger partial charge in [0.05, 0.1) is 11.5 Å². The lowest BCUT2D eigenvalue weighted by Crippen LogP contribution is -2.54. The van der Waals surface area contributed by atoms with E-state index < -0.39 is 17.9 Å². The van der Waals surface area contributed by atoms with Crippen LogP contribution in [0.1, 0.15) is 58.3 Å². The fraction of sp³-hybridized carbons (Fsp3) is 0.842. The Hall–Kier alpha value is -0.770. The molecule has 0 aromatic carbocycles. The first kappa shape index (κ1) is 15.7. The number of rotatable bonds is 1. The van der Waals surface area contributed by atoms with Crippen molar-refractivity contribution in [1.82, 2.24) is 0 Å². The number of halogens is 2. The second-order valence-electron chi connectivity index (χ2n) is 8.51. The topological polar surface area (TPSA) is 37.3 Å². The number of fused-ring (bicyclic) bond motifs is 5. The number of allylic oxidation sites excluding steroid dienone is 1. The van der Waals surface area contributed by atoms with Crippen molar-refractivity contribution in [3.8, 4) is 0 Å². The van der Waals surface area contributed by atoms with E-state index in [0.717, 1.165) is 32.1 Å². The summed E-state index contributed by atoms with van der Waals surface area (Å²) >= 11 is 0. The summed E-state index contributed by atoms with van der Waals surface area (Å²) in [4.78, 5) is 11.8. The average molecular weight is 324 g/mol. The van der Waals surface area contributed by atoms with Crippen LogP contribution in [-0.2, 0) is 4.79 Å². The van der Waals surface area contributed by atoms with Crippen LogP contribution in [0.5, 0.6) is 0 Å². The highest BCUT2D eigenvalue weighted by Crippen LogP contribution is 2.66. The first-order chi connectivity index (χ1) is 10.9. The standard InChI is InChI=1S/C19H26F2O2/c1-18-8-6-12(22)10-11(18)2-3-13-14(18)7-9-19(17(20)21)15(13)4-5-16(19)23/h10,13-17,23H,2-9H2,1H3/t13-,14-,15+,16?,18+,19-/m1/s1. The van der Waals surface area contributed by atoms with Crippen molar-refractivity contribution in [1.29, 1.82) is 0 Å². The van der Waals surface area contributed by atoms with Gasteiger partial charge in [-0.15, -0.1) is 0 Å². The largest absolute Gasteiger partial charge is 0.392 e. The normalized spacial score (nSPS) is 49.4. The van der Waals surface area contributed by atoms with Gasteiger partial charge in [0.1, 0.15) is 0 Å². The van der Waals surface area contributed by atoms with E-state index in [-0.39, 0.29) is 23.0 Å². The van der Waals surface area contributed by atoms with Gasteiger partial charge in [-0.1, -0.05) is 12.5 Å². The maximum absolute atomic E-state index is 13.9. The van der Waals surface area contributed by atoms with Gasteiger partial charge in [0, 0.05) is 6.42 Å². The van der Waals surface area contributed by atoms with Crippen LogP contribution in [0.25, 0.3) is 0 Å². The lowest BCUT2D eigenvalue weighted by molar-refractivity contribution is -0.156. The van der Waals surface area contributed by atoms with E-state index in [9.17, 15) is 18.7 Å². The smallest absolute Gasteiger partial charge is 0.246 e. The number of carbonyl (C=O) groups excluding carboxylic acids is 1. The Morgan fingerprint density at radius 2 is 1.91 bits per heavy atom. The zero-order valence-electron chi connectivity index (χ0n) is 13.7. The van der Waals surface area contributed by atoms with Crippen LogP contribution >= 0.6 is 0 Å². The highest BCUT2D eigenvalue weighted by Gasteiger charge is 2.64. The van der Waals surface area contributed by atoms with E-state index in [4.69, 9.17) is 0 Å². The predicted molar refractivity (Wildman–Crippen MR) is 83.0 cm³/mol. The van der Waals surface area contributed by atoms with Crippen LogP contribution in [0.4, 0.5) is 8.78 Å². The molecule has 0 aromatic heterocycles. The van der Waals surface area contributed by atoms with Gasteiger partial charge in [0.25, 0.3) is 0 Å². The van der Waals surface area contributed by atoms with Crippen molar-refractivity contribution in [2.24, 2.45) is 28.6 Å². The van der Waals surface area contributed by atoms with Crippen molar-refractivity contribution in [2.75, 3.05) is 0 Å². The zero-order chi connectivity index (χ0) is 16.4. The van der Waals surface area contributed by atoms with Crippen molar-refractivity contribution >= 4 is 5.78 Å². The van der Waals surface area contributed by atoms with Gasteiger partial charge in [0.2, 0.25) is 6.43 Å². The van der Waals surface area contributed by atoms with Crippen LogP contribution in [0.15, 0.2) is 11.6 Å². The number of hydrogen-bond acceptors (Lipinski definition) is 2. The minimum atomic E-state index is -2.43. The number of aliphatic hydroxyl groups excluding tert-OH is 1. The second kappa shape index (κ2) is 5.11. The quantitative estimate of drug-likeness (QED) is 0.787. The van der Waals surface area contributed by atoms with E-state index in [1.165, 1.54) is 5.57 Å². The third-order valence-electron chi connectivity index (χ3n) is 7.92. The minimum Gasteiger partial charge on any atom is -0.392 e. The molecule has 0 radical (unpaired) electrons. The van der Waals surface area contributed by atoms with Crippen LogP contribution in [0.2, 0.25) is 0 Å². The third-order valence-corrected chi connectivity index (χ3v) is 7.92. The van der Waals surface area contributed by atoms with Crippen LogP contribution in [0.3, 0.4) is 0 Å². The molecule has 0 saturated heterocycles. The minimum absolute atomic E-state index is 0.0126. The number of hydrogen-bond donors (Lipinski definition) is 1. The van der Waals surface area contributed by atoms with Crippen molar-refractivity contribution in [3.63, 3.8) is 0 Å². The Morgan fingerprint density at radius 3 is 2.65 bits per heavy atom. The first-order valence-electron chi connectivity index (χ1n) is 9.09. The second-order valence-corrected chi connectivity index (χ2v) is 8.51. The van der Waals surface area contributed by atoms with Gasteiger partial charge in [-0.05, 0) is 74.2 Å². The number of ketones is 1. The van der Waals surface area contributed by atoms with Gasteiger partial charge in [-0.25, -0.2) is 8.78 Å². The van der Waals surface area contributed by atoms with Gasteiger partial charge in [-0.2, -0.15) is 0 Å². The molecule has 2 nitrogen and oxygen atoms in total. The molecule has 1 N–H and O–H groups in total. The summed E-state index contributed by atoms with van der Waals surface area (Å²) in [6.45, 7) is 2.25. The predicted octanol–water partition coefficient (Wildman–Crippen LogP) is 4.12. The fourth-order valence-corrected chi connectivity index (χ4v) is 6.67. The molecule has 0 spiro atoms. The maximum atomic E-state index is 13.9. The summed E-state index contributed by atoms with van der Waals surface area (Å²) in [7, 11) is 0. The maximum Gasteiger partial charge on any atom is 0.246 e. The molecular weight excluding hydrogens is 298 g/mol. The van der Waals surface area contributed by atoms with E-state index in [1.54, 1.807) is 0 Å². The molecule has 3 saturated carbocycles. The molecule has 0 heterocycles. The van der Waals surface area contributed by atoms with Gasteiger partial charge in [0.15, 0.2) is 5.78 Å². The Kier molecular flexibility index (Phi) is 3.50. The summed E-state index contributed by atoms with van der Waals surface area (Å²) in [5, 5.41) is 10.3. The number of alkyl halides is 2. The Balaban J connectivity index is 1.70. The molecular formula is C19H26F2O2. The summed E-state index contributed by atoms with van der Waals surface area (Å²) in [5.74, 6) is 0.861. The van der Waals surface area contributed by atoms with Gasteiger partial charge < -0.3 is 5.11 Å². The molecule has 3 fully saturated rings. The van der Waals surface area contributed by atoms with Crippen LogP contribution in [-0.4, -0.2) is 23.4 Å². The molecule has 4 heteroatoms. The molecule has 0 aromatic rings. The van der Waals surface area contributed by atoms with Gasteiger partial charge >= 0.3 is 0 Å². The number of carbonyl (C=O) groups is 1. The molecule has 0 aliphatic heterocycles. The third kappa shape index (κ3) is 1.96. The molecule has 1 unspecified atom stereocenters. The molecule has 0 bridgehead atoms. The molecule has 4 aliphatic carbocycles. The molecule has 6 atom stereocenters. The van der Waals surface area contributed by atoms with Crippen LogP contribution < -0.4 is 0 Å². The highest BCUT2D eigenvalue weighted by atomic mass is 19.3. The van der Waals surface area contributed by atoms with Crippen molar-refractivity contribution < 1.29 is 18.7 Å². The highest BCUT2D eigenvalue weighted by molar-refractivity contribution is 5.91. The molecule has 0 amide bonds. The summed E-state index contributed by atoms with van der Waals surface area (Å²) in [6.07, 6.45) is 4.29. The lowest BCUT2D eigenvalue weighted by Gasteiger charge is -2.58. The monoisotopic (exact) mass is 324 g/mol. The summed E-state index contributed by atoms with van der Waals surface area (Å²) < 4.78 is 27.9. The lowest BCUT2D eigenvalue weighted by atomic mass is 9.47. The van der Waals surface area contributed by atoms with Gasteiger partial charge in [-0.3, -0.25) is 4.79 Å². The molecule has 128 valence electrons.